The number of halogens is 1. The molecule has 0 aliphatic carbocycles. The molecular weight excluding hydrogens is 322 g/mol. The molecule has 3 rings (SSSR count). The number of hydrogen-bond donors (Lipinski definition) is 1. The highest BCUT2D eigenvalue weighted by Gasteiger charge is 2.18. The highest BCUT2D eigenvalue weighted by atomic mass is 79.9. The van der Waals surface area contributed by atoms with Crippen LogP contribution in [0.15, 0.2) is 28.1 Å². The van der Waals surface area contributed by atoms with Crippen LogP contribution >= 0.6 is 27.3 Å². The van der Waals surface area contributed by atoms with Crippen LogP contribution in [0.5, 0.6) is 0 Å². The number of ether oxygens (including phenoxy) is 1. The third-order valence-corrected chi connectivity index (χ3v) is 5.78. The molecule has 1 aliphatic heterocycles. The summed E-state index contributed by atoms with van der Waals surface area (Å²) < 4.78 is 8.12. The summed E-state index contributed by atoms with van der Waals surface area (Å²) in [5.41, 5.74) is 7.65. The predicted octanol–water partition coefficient (Wildman–Crippen LogP) is 4.62. The molecule has 1 saturated heterocycles. The lowest BCUT2D eigenvalue weighted by Crippen LogP contribution is -2.14. The van der Waals surface area contributed by atoms with Crippen molar-refractivity contribution in [3.05, 3.63) is 33.6 Å². The van der Waals surface area contributed by atoms with Gasteiger partial charge in [-0.15, -0.1) is 11.3 Å². The molecule has 2 nitrogen and oxygen atoms in total. The van der Waals surface area contributed by atoms with E-state index in [0.29, 0.717) is 6.10 Å². The van der Waals surface area contributed by atoms with Gasteiger partial charge in [0.2, 0.25) is 0 Å². The van der Waals surface area contributed by atoms with E-state index >= 15 is 0 Å². The van der Waals surface area contributed by atoms with Gasteiger partial charge < -0.3 is 10.5 Å². The van der Waals surface area contributed by atoms with E-state index in [1.165, 1.54) is 28.5 Å². The van der Waals surface area contributed by atoms with E-state index in [9.17, 15) is 0 Å². The Balaban J connectivity index is 1.74. The zero-order valence-corrected chi connectivity index (χ0v) is 13.2. The van der Waals surface area contributed by atoms with Crippen LogP contribution in [0.25, 0.3) is 10.1 Å². The van der Waals surface area contributed by atoms with Crippen LogP contribution in [0.4, 0.5) is 0 Å². The molecule has 2 atom stereocenters. The van der Waals surface area contributed by atoms with Gasteiger partial charge in [-0.1, -0.05) is 12.1 Å². The minimum absolute atomic E-state index is 0.118. The summed E-state index contributed by atoms with van der Waals surface area (Å²) in [6.07, 6.45) is 4.91. The Bertz CT molecular complexity index is 562. The fraction of sp³-hybridized carbons (Fsp3) is 0.467. The van der Waals surface area contributed by atoms with Gasteiger partial charge in [0.1, 0.15) is 0 Å². The third-order valence-electron chi connectivity index (χ3n) is 3.80. The third kappa shape index (κ3) is 2.87. The van der Waals surface area contributed by atoms with Gasteiger partial charge in [0.05, 0.1) is 6.10 Å². The second kappa shape index (κ2) is 5.92. The van der Waals surface area contributed by atoms with Gasteiger partial charge in [0, 0.05) is 21.8 Å². The largest absolute Gasteiger partial charge is 0.378 e. The molecule has 19 heavy (non-hydrogen) atoms. The quantitative estimate of drug-likeness (QED) is 0.881. The van der Waals surface area contributed by atoms with Gasteiger partial charge in [-0.2, -0.15) is 0 Å². The molecule has 1 aromatic heterocycles. The van der Waals surface area contributed by atoms with Crippen molar-refractivity contribution in [2.45, 2.75) is 37.8 Å². The van der Waals surface area contributed by atoms with Crippen LogP contribution in [0, 0.1) is 0 Å². The number of rotatable bonds is 4. The van der Waals surface area contributed by atoms with Gasteiger partial charge in [-0.05, 0) is 64.0 Å². The number of nitrogens with two attached hydrogens (primary N) is 1. The summed E-state index contributed by atoms with van der Waals surface area (Å²) in [6.45, 7) is 0.925. The molecule has 102 valence electrons. The second-order valence-electron chi connectivity index (χ2n) is 5.13. The van der Waals surface area contributed by atoms with E-state index in [0.717, 1.165) is 23.9 Å². The number of hydrogen-bond acceptors (Lipinski definition) is 3. The minimum Gasteiger partial charge on any atom is -0.378 e. The first-order valence-electron chi connectivity index (χ1n) is 6.78. The summed E-state index contributed by atoms with van der Waals surface area (Å²) in [7, 11) is 0. The van der Waals surface area contributed by atoms with Crippen molar-refractivity contribution in [3.8, 4) is 0 Å². The molecule has 2 unspecified atom stereocenters. The second-order valence-corrected chi connectivity index (χ2v) is 6.86. The van der Waals surface area contributed by atoms with Crippen molar-refractivity contribution in [2.24, 2.45) is 5.73 Å². The molecule has 0 saturated carbocycles. The molecule has 1 aromatic carbocycles. The molecule has 4 heteroatoms. The molecule has 2 aromatic rings. The predicted molar refractivity (Wildman–Crippen MR) is 84.7 cm³/mol. The van der Waals surface area contributed by atoms with Crippen molar-refractivity contribution in [1.29, 1.82) is 0 Å². The van der Waals surface area contributed by atoms with Crippen LogP contribution in [0.1, 0.15) is 37.3 Å². The van der Waals surface area contributed by atoms with Gasteiger partial charge in [-0.25, -0.2) is 0 Å². The Morgan fingerprint density at radius 2 is 2.37 bits per heavy atom. The van der Waals surface area contributed by atoms with Crippen LogP contribution in [0.3, 0.4) is 0 Å². The normalized spacial score (nSPS) is 21.1. The maximum absolute atomic E-state index is 6.37. The van der Waals surface area contributed by atoms with Crippen molar-refractivity contribution in [1.82, 2.24) is 0 Å². The van der Waals surface area contributed by atoms with E-state index in [4.69, 9.17) is 10.5 Å². The number of benzene rings is 1. The lowest BCUT2D eigenvalue weighted by atomic mass is 9.99. The summed E-state index contributed by atoms with van der Waals surface area (Å²) >= 11 is 5.37. The van der Waals surface area contributed by atoms with E-state index in [1.807, 2.05) is 0 Å². The standard InChI is InChI=1S/C15H18BrNOS/c16-13-5-1-4-11-12(9-19-15(11)13)14(17)7-6-10-3-2-8-18-10/h1,4-5,9-10,14H,2-3,6-8,17H2. The summed E-state index contributed by atoms with van der Waals surface area (Å²) in [5.74, 6) is 0. The average Bonchev–Trinajstić information content (AvgIpc) is 3.06. The first kappa shape index (κ1) is 13.6. The maximum Gasteiger partial charge on any atom is 0.0576 e. The Morgan fingerprint density at radius 3 is 3.16 bits per heavy atom. The maximum atomic E-state index is 6.37. The summed E-state index contributed by atoms with van der Waals surface area (Å²) in [6, 6.07) is 6.45. The number of fused-ring (bicyclic) bond motifs is 1. The highest BCUT2D eigenvalue weighted by molar-refractivity contribution is 9.10. The molecule has 0 spiro atoms. The average molecular weight is 340 g/mol. The summed E-state index contributed by atoms with van der Waals surface area (Å²) in [4.78, 5) is 0. The van der Waals surface area contributed by atoms with E-state index in [1.54, 1.807) is 11.3 Å². The molecular formula is C15H18BrNOS. The molecule has 2 N–H and O–H groups in total. The first-order chi connectivity index (χ1) is 9.25. The number of thiophene rings is 1. The SMILES string of the molecule is NC(CCC1CCCO1)c1csc2c(Br)cccc12. The Kier molecular flexibility index (Phi) is 4.22. The molecule has 0 amide bonds. The molecule has 1 fully saturated rings. The lowest BCUT2D eigenvalue weighted by molar-refractivity contribution is 0.101. The van der Waals surface area contributed by atoms with Crippen LogP contribution in [-0.4, -0.2) is 12.7 Å². The fourth-order valence-corrected chi connectivity index (χ4v) is 4.41. The highest BCUT2D eigenvalue weighted by Crippen LogP contribution is 2.36. The molecule has 0 radical (unpaired) electrons. The topological polar surface area (TPSA) is 35.2 Å². The Morgan fingerprint density at radius 1 is 1.47 bits per heavy atom. The minimum atomic E-state index is 0.118. The van der Waals surface area contributed by atoms with Crippen molar-refractivity contribution in [3.63, 3.8) is 0 Å². The molecule has 0 bridgehead atoms. The van der Waals surface area contributed by atoms with E-state index in [-0.39, 0.29) is 6.04 Å². The first-order valence-corrected chi connectivity index (χ1v) is 8.46. The van der Waals surface area contributed by atoms with E-state index in [2.05, 4.69) is 39.5 Å². The van der Waals surface area contributed by atoms with Crippen molar-refractivity contribution in [2.75, 3.05) is 6.61 Å². The lowest BCUT2D eigenvalue weighted by Gasteiger charge is -2.14. The van der Waals surface area contributed by atoms with Gasteiger partial charge in [0.25, 0.3) is 0 Å². The molecule has 1 aliphatic rings. The Hall–Kier alpha value is -0.420. The van der Waals surface area contributed by atoms with Crippen LogP contribution < -0.4 is 5.73 Å². The monoisotopic (exact) mass is 339 g/mol. The smallest absolute Gasteiger partial charge is 0.0576 e. The van der Waals surface area contributed by atoms with Crippen molar-refractivity contribution < 1.29 is 4.74 Å². The zero-order valence-electron chi connectivity index (χ0n) is 10.8. The zero-order chi connectivity index (χ0) is 13.2. The Labute approximate surface area is 126 Å². The van der Waals surface area contributed by atoms with Crippen LogP contribution in [0.2, 0.25) is 0 Å². The fourth-order valence-electron chi connectivity index (χ4n) is 2.72. The van der Waals surface area contributed by atoms with E-state index < -0.39 is 0 Å². The van der Waals surface area contributed by atoms with Gasteiger partial charge in [-0.3, -0.25) is 0 Å². The van der Waals surface area contributed by atoms with Gasteiger partial charge >= 0.3 is 0 Å². The van der Waals surface area contributed by atoms with Crippen LogP contribution in [-0.2, 0) is 4.74 Å². The summed E-state index contributed by atoms with van der Waals surface area (Å²) in [5, 5.41) is 3.49. The van der Waals surface area contributed by atoms with Crippen molar-refractivity contribution >= 4 is 37.4 Å². The molecule has 2 heterocycles. The van der Waals surface area contributed by atoms with Gasteiger partial charge in [0.15, 0.2) is 0 Å².